The number of phenols is 2. The minimum Gasteiger partial charge on any atom is -0.508 e. The molecule has 0 spiro atoms. The van der Waals surface area contributed by atoms with Crippen molar-refractivity contribution in [1.82, 2.24) is 0 Å². The zero-order valence-electron chi connectivity index (χ0n) is 10.6. The molecule has 0 aromatic heterocycles. The first-order chi connectivity index (χ1) is 9.72. The minimum atomic E-state index is -0.102. The third-order valence-electron chi connectivity index (χ3n) is 2.97. The lowest BCUT2D eigenvalue weighted by molar-refractivity contribution is 0.451. The van der Waals surface area contributed by atoms with Crippen LogP contribution >= 0.6 is 0 Å². The van der Waals surface area contributed by atoms with Crippen molar-refractivity contribution in [2.75, 3.05) is 0 Å². The lowest BCUT2D eigenvalue weighted by Gasteiger charge is -2.00. The Kier molecular flexibility index (Phi) is 3.05. The first kappa shape index (κ1) is 12.2. The van der Waals surface area contributed by atoms with E-state index in [1.165, 1.54) is 18.2 Å². The predicted molar refractivity (Wildman–Crippen MR) is 77.9 cm³/mol. The smallest absolute Gasteiger partial charge is 0.146 e. The van der Waals surface area contributed by atoms with Crippen LogP contribution in [0, 0.1) is 0 Å². The van der Waals surface area contributed by atoms with Crippen LogP contribution in [-0.4, -0.2) is 10.2 Å². The van der Waals surface area contributed by atoms with E-state index in [0.717, 1.165) is 10.8 Å². The topological polar surface area (TPSA) is 65.2 Å². The number of phenolic OH excluding ortho intramolecular Hbond substituents is 2. The number of hydrogen-bond acceptors (Lipinski definition) is 4. The predicted octanol–water partition coefficient (Wildman–Crippen LogP) is 4.67. The summed E-state index contributed by atoms with van der Waals surface area (Å²) in [6, 6.07) is 17.9. The Hall–Kier alpha value is -2.88. The van der Waals surface area contributed by atoms with E-state index >= 15 is 0 Å². The standard InChI is InChI=1S/C16H12N2O2/c19-14-7-8-15(16(20)10-14)18-17-13-6-5-11-3-1-2-4-12(11)9-13/h1-10,19-20H. The Balaban J connectivity index is 1.93. The summed E-state index contributed by atoms with van der Waals surface area (Å²) in [5.74, 6) is -0.110. The van der Waals surface area contributed by atoms with Gasteiger partial charge < -0.3 is 10.2 Å². The van der Waals surface area contributed by atoms with Crippen molar-refractivity contribution in [3.05, 3.63) is 60.7 Å². The quantitative estimate of drug-likeness (QED) is 0.661. The molecule has 0 saturated heterocycles. The van der Waals surface area contributed by atoms with E-state index in [-0.39, 0.29) is 11.5 Å². The van der Waals surface area contributed by atoms with Crippen LogP contribution in [0.1, 0.15) is 0 Å². The van der Waals surface area contributed by atoms with Gasteiger partial charge in [-0.3, -0.25) is 0 Å². The average Bonchev–Trinajstić information content (AvgIpc) is 2.46. The number of hydrogen-bond donors (Lipinski definition) is 2. The second kappa shape index (κ2) is 5.01. The number of benzene rings is 3. The van der Waals surface area contributed by atoms with Crippen molar-refractivity contribution in [3.63, 3.8) is 0 Å². The molecule has 4 nitrogen and oxygen atoms in total. The number of nitrogens with zero attached hydrogens (tertiary/aromatic N) is 2. The molecule has 4 heteroatoms. The molecule has 3 rings (SSSR count). The van der Waals surface area contributed by atoms with Crippen LogP contribution in [0.15, 0.2) is 70.9 Å². The summed E-state index contributed by atoms with van der Waals surface area (Å²) < 4.78 is 0. The number of rotatable bonds is 2. The van der Waals surface area contributed by atoms with E-state index < -0.39 is 0 Å². The molecule has 0 atom stereocenters. The van der Waals surface area contributed by atoms with Crippen LogP contribution in [0.25, 0.3) is 10.8 Å². The highest BCUT2D eigenvalue weighted by Crippen LogP contribution is 2.31. The second-order valence-electron chi connectivity index (χ2n) is 4.40. The Bertz CT molecular complexity index is 797. The van der Waals surface area contributed by atoms with Crippen LogP contribution in [-0.2, 0) is 0 Å². The molecule has 0 unspecified atom stereocenters. The molecule has 98 valence electrons. The van der Waals surface area contributed by atoms with Crippen LogP contribution < -0.4 is 0 Å². The maximum absolute atomic E-state index is 9.63. The molecule has 0 aliphatic rings. The molecule has 3 aromatic carbocycles. The van der Waals surface area contributed by atoms with Crippen LogP contribution in [0.2, 0.25) is 0 Å². The normalized spacial score (nSPS) is 11.2. The van der Waals surface area contributed by atoms with Crippen LogP contribution in [0.5, 0.6) is 11.5 Å². The first-order valence-electron chi connectivity index (χ1n) is 6.15. The van der Waals surface area contributed by atoms with Gasteiger partial charge in [0.15, 0.2) is 0 Å². The zero-order chi connectivity index (χ0) is 13.9. The summed E-state index contributed by atoms with van der Waals surface area (Å²) in [6.07, 6.45) is 0. The molecule has 3 aromatic rings. The molecular weight excluding hydrogens is 252 g/mol. The average molecular weight is 264 g/mol. The lowest BCUT2D eigenvalue weighted by atomic mass is 10.1. The van der Waals surface area contributed by atoms with Gasteiger partial charge in [-0.25, -0.2) is 0 Å². The molecular formula is C16H12N2O2. The maximum Gasteiger partial charge on any atom is 0.146 e. The van der Waals surface area contributed by atoms with Gasteiger partial charge in [0, 0.05) is 6.07 Å². The fourth-order valence-electron chi connectivity index (χ4n) is 1.95. The number of azo groups is 1. The summed E-state index contributed by atoms with van der Waals surface area (Å²) in [5, 5.41) is 29.1. The van der Waals surface area contributed by atoms with Crippen LogP contribution in [0.4, 0.5) is 11.4 Å². The molecule has 20 heavy (non-hydrogen) atoms. The second-order valence-corrected chi connectivity index (χ2v) is 4.40. The third-order valence-corrected chi connectivity index (χ3v) is 2.97. The molecule has 0 aliphatic heterocycles. The molecule has 0 saturated carbocycles. The SMILES string of the molecule is Oc1ccc(N=Nc2ccc3ccccc3c2)c(O)c1. The Labute approximate surface area is 115 Å². The van der Waals surface area contributed by atoms with Gasteiger partial charge in [-0.15, -0.1) is 5.11 Å². The van der Waals surface area contributed by atoms with E-state index in [1.54, 1.807) is 0 Å². The fourth-order valence-corrected chi connectivity index (χ4v) is 1.95. The molecule has 0 fully saturated rings. The van der Waals surface area contributed by atoms with Gasteiger partial charge in [0.25, 0.3) is 0 Å². The summed E-state index contributed by atoms with van der Waals surface area (Å²) in [5.41, 5.74) is 1.02. The minimum absolute atomic E-state index is 0.00726. The molecule has 0 bridgehead atoms. The summed E-state index contributed by atoms with van der Waals surface area (Å²) >= 11 is 0. The molecule has 2 N–H and O–H groups in total. The van der Waals surface area contributed by atoms with Crippen molar-refractivity contribution in [1.29, 1.82) is 0 Å². The number of fused-ring (bicyclic) bond motifs is 1. The zero-order valence-corrected chi connectivity index (χ0v) is 10.6. The van der Waals surface area contributed by atoms with Crippen molar-refractivity contribution in [3.8, 4) is 11.5 Å². The van der Waals surface area contributed by atoms with Gasteiger partial charge in [0.05, 0.1) is 5.69 Å². The van der Waals surface area contributed by atoms with Crippen molar-refractivity contribution < 1.29 is 10.2 Å². The van der Waals surface area contributed by atoms with E-state index in [0.29, 0.717) is 11.4 Å². The monoisotopic (exact) mass is 264 g/mol. The van der Waals surface area contributed by atoms with E-state index in [9.17, 15) is 10.2 Å². The van der Waals surface area contributed by atoms with Gasteiger partial charge in [-0.05, 0) is 35.0 Å². The van der Waals surface area contributed by atoms with E-state index in [1.807, 2.05) is 42.5 Å². The molecule has 0 aliphatic carbocycles. The first-order valence-corrected chi connectivity index (χ1v) is 6.15. The Morgan fingerprint density at radius 1 is 0.700 bits per heavy atom. The van der Waals surface area contributed by atoms with Gasteiger partial charge in [-0.2, -0.15) is 5.11 Å². The van der Waals surface area contributed by atoms with Crippen molar-refractivity contribution in [2.24, 2.45) is 10.2 Å². The highest BCUT2D eigenvalue weighted by Gasteiger charge is 2.01. The van der Waals surface area contributed by atoms with E-state index in [2.05, 4.69) is 10.2 Å². The molecule has 0 amide bonds. The molecule has 0 radical (unpaired) electrons. The highest BCUT2D eigenvalue weighted by atomic mass is 16.3. The van der Waals surface area contributed by atoms with E-state index in [4.69, 9.17) is 0 Å². The van der Waals surface area contributed by atoms with Crippen LogP contribution in [0.3, 0.4) is 0 Å². The number of aromatic hydroxyl groups is 2. The van der Waals surface area contributed by atoms with Gasteiger partial charge in [0.2, 0.25) is 0 Å². The van der Waals surface area contributed by atoms with Gasteiger partial charge in [-0.1, -0.05) is 30.3 Å². The highest BCUT2D eigenvalue weighted by molar-refractivity contribution is 5.85. The lowest BCUT2D eigenvalue weighted by Crippen LogP contribution is -1.71. The largest absolute Gasteiger partial charge is 0.508 e. The Morgan fingerprint density at radius 3 is 2.30 bits per heavy atom. The Morgan fingerprint density at radius 2 is 1.50 bits per heavy atom. The fraction of sp³-hybridized carbons (Fsp3) is 0. The summed E-state index contributed by atoms with van der Waals surface area (Å²) in [4.78, 5) is 0. The maximum atomic E-state index is 9.63. The molecule has 0 heterocycles. The van der Waals surface area contributed by atoms with Crippen molar-refractivity contribution >= 4 is 22.1 Å². The van der Waals surface area contributed by atoms with Gasteiger partial charge in [0.1, 0.15) is 17.2 Å². The summed E-state index contributed by atoms with van der Waals surface area (Å²) in [7, 11) is 0. The third kappa shape index (κ3) is 2.44. The van der Waals surface area contributed by atoms with Gasteiger partial charge >= 0.3 is 0 Å². The summed E-state index contributed by atoms with van der Waals surface area (Å²) in [6.45, 7) is 0. The van der Waals surface area contributed by atoms with Crippen molar-refractivity contribution in [2.45, 2.75) is 0 Å².